The second-order valence-electron chi connectivity index (χ2n) is 9.03. The molecule has 0 saturated carbocycles. The van der Waals surface area contributed by atoms with E-state index in [9.17, 15) is 4.79 Å². The van der Waals surface area contributed by atoms with Crippen LogP contribution in [0.25, 0.3) is 15.9 Å². The number of aromatic nitrogens is 4. The van der Waals surface area contributed by atoms with Crippen molar-refractivity contribution in [2.45, 2.75) is 37.9 Å². The maximum atomic E-state index is 12.8. The van der Waals surface area contributed by atoms with Gasteiger partial charge in [0.05, 0.1) is 11.1 Å². The van der Waals surface area contributed by atoms with E-state index >= 15 is 0 Å². The van der Waals surface area contributed by atoms with E-state index < -0.39 is 0 Å². The number of Topliss-reactive ketones (excluding diaryl/α,β-unsaturated/α-hetero) is 1. The number of nitrogens with one attached hydrogen (secondary N) is 1. The highest BCUT2D eigenvalue weighted by Gasteiger charge is 2.26. The molecule has 0 fully saturated rings. The summed E-state index contributed by atoms with van der Waals surface area (Å²) in [5, 5.41) is 14.5. The standard InChI is InChI=1S/C27H25N5OS2/c1-17-12-13-22-20(14-17)23-24-30-31-27(34-16-21(33)19-10-6-3-7-11-19)32(24)26(29-25(23)35-22)28-15-18-8-4-2-5-9-18/h2-11,17H,12-16H2,1H3,(H,28,29)/t17-/m0/s1. The first kappa shape index (κ1) is 22.2. The summed E-state index contributed by atoms with van der Waals surface area (Å²) >= 11 is 3.19. The molecule has 3 heterocycles. The topological polar surface area (TPSA) is 72.2 Å². The van der Waals surface area contributed by atoms with Crippen LogP contribution in [0.15, 0.2) is 65.8 Å². The molecule has 6 rings (SSSR count). The maximum Gasteiger partial charge on any atom is 0.212 e. The van der Waals surface area contributed by atoms with Crippen LogP contribution in [-0.4, -0.2) is 31.1 Å². The summed E-state index contributed by atoms with van der Waals surface area (Å²) < 4.78 is 2.00. The fourth-order valence-corrected chi connectivity index (χ4v) is 6.69. The van der Waals surface area contributed by atoms with Gasteiger partial charge in [-0.1, -0.05) is 79.3 Å². The van der Waals surface area contributed by atoms with Crippen LogP contribution in [0.5, 0.6) is 0 Å². The second kappa shape index (κ2) is 9.43. The number of rotatable bonds is 7. The van der Waals surface area contributed by atoms with Crippen molar-refractivity contribution in [3.63, 3.8) is 0 Å². The molecule has 1 atom stereocenters. The first-order chi connectivity index (χ1) is 17.2. The van der Waals surface area contributed by atoms with E-state index in [0.29, 0.717) is 34.9 Å². The lowest BCUT2D eigenvalue weighted by Crippen LogP contribution is -2.10. The van der Waals surface area contributed by atoms with Crippen molar-refractivity contribution >= 4 is 50.7 Å². The molecule has 1 N–H and O–H groups in total. The zero-order chi connectivity index (χ0) is 23.8. The molecule has 1 aliphatic carbocycles. The van der Waals surface area contributed by atoms with Gasteiger partial charge in [-0.2, -0.15) is 0 Å². The minimum Gasteiger partial charge on any atom is -0.351 e. The predicted molar refractivity (Wildman–Crippen MR) is 143 cm³/mol. The van der Waals surface area contributed by atoms with Crippen LogP contribution >= 0.6 is 23.1 Å². The van der Waals surface area contributed by atoms with Crippen molar-refractivity contribution < 1.29 is 4.79 Å². The lowest BCUT2D eigenvalue weighted by molar-refractivity contribution is 0.102. The molecule has 0 amide bonds. The molecule has 2 aromatic carbocycles. The number of aryl methyl sites for hydroxylation is 1. The lowest BCUT2D eigenvalue weighted by atomic mass is 9.89. The van der Waals surface area contributed by atoms with Crippen LogP contribution in [0.2, 0.25) is 0 Å². The largest absolute Gasteiger partial charge is 0.351 e. The highest BCUT2D eigenvalue weighted by Crippen LogP contribution is 2.40. The van der Waals surface area contributed by atoms with Crippen LogP contribution in [0, 0.1) is 5.92 Å². The van der Waals surface area contributed by atoms with E-state index in [2.05, 4.69) is 34.6 Å². The Morgan fingerprint density at radius 3 is 2.69 bits per heavy atom. The van der Waals surface area contributed by atoms with Gasteiger partial charge >= 0.3 is 0 Å². The van der Waals surface area contributed by atoms with Gasteiger partial charge in [0.2, 0.25) is 5.95 Å². The van der Waals surface area contributed by atoms with Gasteiger partial charge in [0.25, 0.3) is 0 Å². The SMILES string of the molecule is C[C@H]1CCc2sc3nc(NCc4ccccc4)n4c(SCC(=O)c5ccccc5)nnc4c3c2C1. The Morgan fingerprint density at radius 2 is 1.89 bits per heavy atom. The first-order valence-corrected chi connectivity index (χ1v) is 13.7. The fraction of sp³-hybridized carbons (Fsp3) is 0.259. The molecule has 35 heavy (non-hydrogen) atoms. The number of fused-ring (bicyclic) bond motifs is 5. The van der Waals surface area contributed by atoms with E-state index in [1.807, 2.05) is 52.9 Å². The van der Waals surface area contributed by atoms with Gasteiger partial charge < -0.3 is 5.32 Å². The Bertz CT molecular complexity index is 1510. The van der Waals surface area contributed by atoms with E-state index in [0.717, 1.165) is 28.7 Å². The number of anilines is 1. The number of thiophene rings is 1. The van der Waals surface area contributed by atoms with E-state index in [1.165, 1.54) is 34.2 Å². The summed E-state index contributed by atoms with van der Waals surface area (Å²) in [5.74, 6) is 1.72. The molecule has 6 nitrogen and oxygen atoms in total. The number of benzene rings is 2. The zero-order valence-electron chi connectivity index (χ0n) is 19.4. The number of ketones is 1. The molecule has 0 unspecified atom stereocenters. The number of thioether (sulfide) groups is 1. The molecule has 0 aliphatic heterocycles. The van der Waals surface area contributed by atoms with Crippen LogP contribution in [0.3, 0.4) is 0 Å². The normalized spacial score (nSPS) is 15.4. The molecule has 8 heteroatoms. The summed E-state index contributed by atoms with van der Waals surface area (Å²) in [4.78, 5) is 20.3. The van der Waals surface area contributed by atoms with Gasteiger partial charge in [-0.05, 0) is 36.3 Å². The first-order valence-electron chi connectivity index (χ1n) is 11.9. The predicted octanol–water partition coefficient (Wildman–Crippen LogP) is 6.05. The van der Waals surface area contributed by atoms with Crippen molar-refractivity contribution in [3.8, 4) is 0 Å². The molecule has 176 valence electrons. The summed E-state index contributed by atoms with van der Waals surface area (Å²) in [7, 11) is 0. The highest BCUT2D eigenvalue weighted by atomic mass is 32.2. The third-order valence-corrected chi connectivity index (χ3v) is 8.60. The van der Waals surface area contributed by atoms with Crippen molar-refractivity contribution in [3.05, 3.63) is 82.2 Å². The molecule has 5 aromatic rings. The smallest absolute Gasteiger partial charge is 0.212 e. The Balaban J connectivity index is 1.41. The fourth-order valence-electron chi connectivity index (χ4n) is 4.65. The molecule has 0 bridgehead atoms. The molecule has 1 aliphatic rings. The number of hydrogen-bond donors (Lipinski definition) is 1. The number of hydrogen-bond acceptors (Lipinski definition) is 7. The molecule has 3 aromatic heterocycles. The van der Waals surface area contributed by atoms with Crippen LogP contribution in [0.4, 0.5) is 5.95 Å². The molecule has 0 spiro atoms. The van der Waals surface area contributed by atoms with Gasteiger partial charge in [0.15, 0.2) is 16.6 Å². The Kier molecular flexibility index (Phi) is 6.00. The second-order valence-corrected chi connectivity index (χ2v) is 11.1. The summed E-state index contributed by atoms with van der Waals surface area (Å²) in [5.41, 5.74) is 4.08. The van der Waals surface area contributed by atoms with Crippen molar-refractivity contribution in [1.82, 2.24) is 19.6 Å². The molecule has 0 radical (unpaired) electrons. The van der Waals surface area contributed by atoms with Gasteiger partial charge in [0, 0.05) is 17.0 Å². The third-order valence-electron chi connectivity index (χ3n) is 6.49. The number of carbonyl (C=O) groups excluding carboxylic acids is 1. The van der Waals surface area contributed by atoms with Crippen molar-refractivity contribution in [1.29, 1.82) is 0 Å². The monoisotopic (exact) mass is 499 g/mol. The van der Waals surface area contributed by atoms with Gasteiger partial charge in [0.1, 0.15) is 4.83 Å². The third kappa shape index (κ3) is 4.32. The average molecular weight is 500 g/mol. The van der Waals surface area contributed by atoms with Gasteiger partial charge in [-0.3, -0.25) is 4.79 Å². The van der Waals surface area contributed by atoms with Crippen molar-refractivity contribution in [2.24, 2.45) is 5.92 Å². The quantitative estimate of drug-likeness (QED) is 0.217. The van der Waals surface area contributed by atoms with E-state index in [1.54, 1.807) is 11.3 Å². The number of carbonyl (C=O) groups is 1. The number of nitrogens with zero attached hydrogens (tertiary/aromatic N) is 4. The van der Waals surface area contributed by atoms with Crippen LogP contribution in [0.1, 0.15) is 39.7 Å². The van der Waals surface area contributed by atoms with E-state index in [-0.39, 0.29) is 5.78 Å². The van der Waals surface area contributed by atoms with E-state index in [4.69, 9.17) is 4.98 Å². The molecule has 0 saturated heterocycles. The summed E-state index contributed by atoms with van der Waals surface area (Å²) in [6.45, 7) is 2.95. The highest BCUT2D eigenvalue weighted by molar-refractivity contribution is 7.99. The zero-order valence-corrected chi connectivity index (χ0v) is 21.0. The Labute approximate surface area is 211 Å². The Morgan fingerprint density at radius 1 is 1.11 bits per heavy atom. The van der Waals surface area contributed by atoms with Crippen molar-refractivity contribution in [2.75, 3.05) is 11.1 Å². The summed E-state index contributed by atoms with van der Waals surface area (Å²) in [6, 6.07) is 19.7. The minimum absolute atomic E-state index is 0.0712. The lowest BCUT2D eigenvalue weighted by Gasteiger charge is -2.18. The average Bonchev–Trinajstić information content (AvgIpc) is 3.48. The summed E-state index contributed by atoms with van der Waals surface area (Å²) in [6.07, 6.45) is 3.35. The van der Waals surface area contributed by atoms with Gasteiger partial charge in [-0.15, -0.1) is 21.5 Å². The Hall–Kier alpha value is -3.23. The molecular weight excluding hydrogens is 474 g/mol. The van der Waals surface area contributed by atoms with Gasteiger partial charge in [-0.25, -0.2) is 9.38 Å². The minimum atomic E-state index is 0.0712. The molecular formula is C27H25N5OS2. The van der Waals surface area contributed by atoms with Crippen LogP contribution in [-0.2, 0) is 19.4 Å². The van der Waals surface area contributed by atoms with Crippen LogP contribution < -0.4 is 5.32 Å². The maximum absolute atomic E-state index is 12.8.